The Bertz CT molecular complexity index is 1000. The highest BCUT2D eigenvalue weighted by Crippen LogP contribution is 2.31. The maximum absolute atomic E-state index is 11.9. The Morgan fingerprint density at radius 3 is 2.30 bits per heavy atom. The minimum absolute atomic E-state index is 0. The number of hydrogen-bond acceptors (Lipinski definition) is 6. The maximum Gasteiger partial charge on any atom is 0.320 e. The number of urea groups is 1. The van der Waals surface area contributed by atoms with Crippen molar-refractivity contribution in [2.24, 2.45) is 5.73 Å². The number of carbonyl (C=O) groups is 2. The van der Waals surface area contributed by atoms with Crippen molar-refractivity contribution in [3.8, 4) is 5.75 Å². The van der Waals surface area contributed by atoms with Crippen LogP contribution in [0.1, 0.15) is 65.5 Å². The number of hydrogen-bond donors (Lipinski definition) is 5. The molecule has 11 heteroatoms. The van der Waals surface area contributed by atoms with Gasteiger partial charge < -0.3 is 31.5 Å². The van der Waals surface area contributed by atoms with Crippen molar-refractivity contribution < 1.29 is 19.4 Å². The van der Waals surface area contributed by atoms with E-state index in [2.05, 4.69) is 55.8 Å². The third-order valence-electron chi connectivity index (χ3n) is 5.82. The fourth-order valence-corrected chi connectivity index (χ4v) is 3.68. The number of pyridine rings is 1. The van der Waals surface area contributed by atoms with Crippen LogP contribution in [0.2, 0.25) is 0 Å². The van der Waals surface area contributed by atoms with Crippen LogP contribution in [-0.4, -0.2) is 54.4 Å². The number of unbranched alkanes of at least 4 members (excludes halogenated alkanes) is 1. The van der Waals surface area contributed by atoms with Gasteiger partial charge in [0.2, 0.25) is 0 Å². The molecule has 2 rings (SSSR count). The average molecular weight is 561 g/mol. The molecule has 2 amide bonds. The zero-order valence-corrected chi connectivity index (χ0v) is 24.1. The molecular formula is C26H43Cl2N5O4. The van der Waals surface area contributed by atoms with E-state index in [-0.39, 0.29) is 42.3 Å². The topological polar surface area (TPSA) is 139 Å². The lowest BCUT2D eigenvalue weighted by molar-refractivity contribution is -0.138. The van der Waals surface area contributed by atoms with Gasteiger partial charge in [0.15, 0.2) is 0 Å². The summed E-state index contributed by atoms with van der Waals surface area (Å²) in [6.07, 6.45) is 3.43. The highest BCUT2D eigenvalue weighted by Gasteiger charge is 2.18. The quantitative estimate of drug-likeness (QED) is 0.221. The Morgan fingerprint density at radius 2 is 1.70 bits per heavy atom. The van der Waals surface area contributed by atoms with Crippen LogP contribution < -0.4 is 26.4 Å². The largest absolute Gasteiger partial charge is 0.497 e. The van der Waals surface area contributed by atoms with Crippen molar-refractivity contribution in [3.05, 3.63) is 30.0 Å². The van der Waals surface area contributed by atoms with E-state index in [0.717, 1.165) is 40.9 Å². The summed E-state index contributed by atoms with van der Waals surface area (Å²) in [6.45, 7) is 9.62. The van der Waals surface area contributed by atoms with Crippen LogP contribution in [0.25, 0.3) is 10.9 Å². The number of aliphatic carboxylic acids is 1. The number of benzene rings is 1. The Morgan fingerprint density at radius 1 is 1.05 bits per heavy atom. The van der Waals surface area contributed by atoms with E-state index in [1.807, 2.05) is 12.1 Å². The van der Waals surface area contributed by atoms with Gasteiger partial charge in [0, 0.05) is 41.7 Å². The smallest absolute Gasteiger partial charge is 0.320 e. The number of methoxy groups -OCH3 is 1. The summed E-state index contributed by atoms with van der Waals surface area (Å²) in [5.41, 5.74) is 8.31. The molecule has 1 heterocycles. The van der Waals surface area contributed by atoms with Crippen molar-refractivity contribution in [1.82, 2.24) is 15.6 Å². The van der Waals surface area contributed by atoms with Crippen LogP contribution in [0.3, 0.4) is 0 Å². The number of anilines is 1. The van der Waals surface area contributed by atoms with Gasteiger partial charge in [0.1, 0.15) is 11.8 Å². The third-order valence-corrected chi connectivity index (χ3v) is 5.82. The van der Waals surface area contributed by atoms with Crippen LogP contribution in [0.5, 0.6) is 5.75 Å². The first kappa shape index (κ1) is 34.5. The number of aromatic nitrogens is 1. The molecule has 0 radical (unpaired) electrons. The predicted molar refractivity (Wildman–Crippen MR) is 155 cm³/mol. The van der Waals surface area contributed by atoms with E-state index in [0.29, 0.717) is 32.4 Å². The molecule has 6 N–H and O–H groups in total. The molecule has 1 aromatic heterocycles. The van der Waals surface area contributed by atoms with E-state index in [9.17, 15) is 9.59 Å². The SMILES string of the molecule is COc1cc(NC(C)CCCNC(=O)NCCCC[C@@H](N)C(=O)O)c2nc(C(C)(C)C)ccc2c1.Cl.Cl. The maximum atomic E-state index is 11.9. The molecule has 0 aliphatic carbocycles. The van der Waals surface area contributed by atoms with Crippen molar-refractivity contribution in [2.75, 3.05) is 25.5 Å². The Hall–Kier alpha value is -2.49. The monoisotopic (exact) mass is 559 g/mol. The molecule has 0 bridgehead atoms. The Kier molecular flexibility index (Phi) is 15.3. The van der Waals surface area contributed by atoms with Gasteiger partial charge in [-0.15, -0.1) is 24.8 Å². The normalized spacial score (nSPS) is 12.5. The number of carboxylic acid groups (broad SMARTS) is 1. The molecular weight excluding hydrogens is 517 g/mol. The molecule has 1 aromatic carbocycles. The minimum Gasteiger partial charge on any atom is -0.497 e. The fourth-order valence-electron chi connectivity index (χ4n) is 3.68. The number of ether oxygens (including phenoxy) is 1. The highest BCUT2D eigenvalue weighted by molar-refractivity contribution is 5.92. The molecule has 0 saturated carbocycles. The van der Waals surface area contributed by atoms with Gasteiger partial charge in [0.25, 0.3) is 0 Å². The first-order valence-corrected chi connectivity index (χ1v) is 12.3. The molecule has 9 nitrogen and oxygen atoms in total. The number of carboxylic acids is 1. The van der Waals surface area contributed by atoms with Crippen LogP contribution >= 0.6 is 24.8 Å². The van der Waals surface area contributed by atoms with Crippen LogP contribution in [0.4, 0.5) is 10.5 Å². The number of amides is 2. The van der Waals surface area contributed by atoms with Gasteiger partial charge in [-0.2, -0.15) is 0 Å². The lowest BCUT2D eigenvalue weighted by Gasteiger charge is -2.21. The Balaban J connectivity index is 0.00000648. The molecule has 1 unspecified atom stereocenters. The van der Waals surface area contributed by atoms with E-state index < -0.39 is 12.0 Å². The summed E-state index contributed by atoms with van der Waals surface area (Å²) < 4.78 is 5.48. The van der Waals surface area contributed by atoms with Crippen molar-refractivity contribution in [3.63, 3.8) is 0 Å². The number of rotatable bonds is 13. The van der Waals surface area contributed by atoms with E-state index >= 15 is 0 Å². The lowest BCUT2D eigenvalue weighted by Crippen LogP contribution is -2.37. The first-order chi connectivity index (χ1) is 16.5. The van der Waals surface area contributed by atoms with E-state index in [1.54, 1.807) is 7.11 Å². The summed E-state index contributed by atoms with van der Waals surface area (Å²) in [7, 11) is 1.66. The van der Waals surface area contributed by atoms with Crippen molar-refractivity contribution in [1.29, 1.82) is 0 Å². The van der Waals surface area contributed by atoms with Gasteiger partial charge >= 0.3 is 12.0 Å². The van der Waals surface area contributed by atoms with Crippen LogP contribution in [-0.2, 0) is 10.2 Å². The number of nitrogens with two attached hydrogens (primary N) is 1. The minimum atomic E-state index is -0.995. The Labute approximate surface area is 232 Å². The standard InChI is InChI=1S/C26H41N5O4.2ClH/c1-17(9-8-14-29-25(34)28-13-7-6-10-20(27)24(32)33)30-21-16-19(35-5)15-18-11-12-22(26(2,3)4)31-23(18)21;;/h11-12,15-17,20,30H,6-10,13-14,27H2,1-5H3,(H,32,33)(H2,28,29,34);2*1H/t17?,20-;;/m1../s1. The van der Waals surface area contributed by atoms with Crippen molar-refractivity contribution in [2.45, 2.75) is 77.3 Å². The number of carbonyl (C=O) groups excluding carboxylic acids is 1. The van der Waals surface area contributed by atoms with Crippen LogP contribution in [0, 0.1) is 0 Å². The van der Waals surface area contributed by atoms with Gasteiger partial charge in [0.05, 0.1) is 18.3 Å². The van der Waals surface area contributed by atoms with E-state index in [1.165, 1.54) is 0 Å². The second-order valence-electron chi connectivity index (χ2n) is 10.0. The van der Waals surface area contributed by atoms with Gasteiger partial charge in [-0.3, -0.25) is 9.78 Å². The zero-order valence-electron chi connectivity index (χ0n) is 22.4. The number of nitrogens with zero attached hydrogens (tertiary/aromatic N) is 1. The highest BCUT2D eigenvalue weighted by atomic mass is 35.5. The third kappa shape index (κ3) is 11.6. The first-order valence-electron chi connectivity index (χ1n) is 12.3. The van der Waals surface area contributed by atoms with E-state index in [4.69, 9.17) is 20.6 Å². The number of fused-ring (bicyclic) bond motifs is 1. The summed E-state index contributed by atoms with van der Waals surface area (Å²) >= 11 is 0. The molecule has 0 aliphatic rings. The predicted octanol–water partition coefficient (Wildman–Crippen LogP) is 4.85. The molecule has 0 spiro atoms. The fraction of sp³-hybridized carbons (Fsp3) is 0.577. The number of halogens is 2. The molecule has 37 heavy (non-hydrogen) atoms. The van der Waals surface area contributed by atoms with Gasteiger partial charge in [-0.05, 0) is 51.2 Å². The number of nitrogens with one attached hydrogen (secondary N) is 3. The molecule has 2 aromatic rings. The molecule has 0 saturated heterocycles. The molecule has 210 valence electrons. The molecule has 0 aliphatic heterocycles. The van der Waals surface area contributed by atoms with Crippen molar-refractivity contribution >= 4 is 53.4 Å². The summed E-state index contributed by atoms with van der Waals surface area (Å²) in [5.74, 6) is -0.217. The lowest BCUT2D eigenvalue weighted by atomic mass is 9.91. The zero-order chi connectivity index (χ0) is 26.0. The summed E-state index contributed by atoms with van der Waals surface area (Å²) in [5, 5.41) is 19.0. The van der Waals surface area contributed by atoms with Crippen LogP contribution in [0.15, 0.2) is 24.3 Å². The second-order valence-corrected chi connectivity index (χ2v) is 10.0. The molecule has 2 atom stereocenters. The van der Waals surface area contributed by atoms with Gasteiger partial charge in [-0.25, -0.2) is 4.79 Å². The second kappa shape index (κ2) is 16.4. The summed E-state index contributed by atoms with van der Waals surface area (Å²) in [6, 6.07) is 7.24. The summed E-state index contributed by atoms with van der Waals surface area (Å²) in [4.78, 5) is 27.6. The van der Waals surface area contributed by atoms with Gasteiger partial charge in [-0.1, -0.05) is 26.8 Å². The molecule has 0 fully saturated rings. The average Bonchev–Trinajstić information content (AvgIpc) is 2.80.